The lowest BCUT2D eigenvalue weighted by Gasteiger charge is -2.31. The van der Waals surface area contributed by atoms with Crippen molar-refractivity contribution in [1.82, 2.24) is 21.3 Å². The normalized spacial score (nSPS) is 18.4. The Morgan fingerprint density at radius 1 is 0.707 bits per heavy atom. The first kappa shape index (κ1) is 29.8. The van der Waals surface area contributed by atoms with Gasteiger partial charge in [0, 0.05) is 22.5 Å². The average molecular weight is 597 g/mol. The van der Waals surface area contributed by atoms with Crippen molar-refractivity contribution < 1.29 is 28.5 Å². The molecule has 10 nitrogen and oxygen atoms in total. The topological polar surface area (TPSA) is 119 Å². The van der Waals surface area contributed by atoms with E-state index in [0.29, 0.717) is 55.4 Å². The van der Waals surface area contributed by atoms with Gasteiger partial charge in [-0.1, -0.05) is 36.4 Å². The van der Waals surface area contributed by atoms with Crippen LogP contribution in [-0.4, -0.2) is 42.2 Å². The van der Waals surface area contributed by atoms with Crippen LogP contribution in [0.4, 0.5) is 0 Å². The lowest BCUT2D eigenvalue weighted by atomic mass is 9.95. The zero-order valence-corrected chi connectivity index (χ0v) is 24.8. The number of thiocarbonyl (C=S) groups is 2. The SMILES string of the molecule is CCOC(=O)C1=C(C)NC(=S)N[C@H]1c1ccccc1OCOc1ccccc1[C@@H]1NC(=S)NC(C)=C1C(=O)OCC. The fourth-order valence-electron chi connectivity index (χ4n) is 4.67. The molecule has 0 amide bonds. The van der Waals surface area contributed by atoms with E-state index in [9.17, 15) is 9.59 Å². The second-order valence-electron chi connectivity index (χ2n) is 9.06. The number of carbonyl (C=O) groups is 2. The summed E-state index contributed by atoms with van der Waals surface area (Å²) < 4.78 is 22.8. The van der Waals surface area contributed by atoms with Gasteiger partial charge >= 0.3 is 11.9 Å². The van der Waals surface area contributed by atoms with E-state index in [1.54, 1.807) is 39.8 Å². The summed E-state index contributed by atoms with van der Waals surface area (Å²) in [7, 11) is 0. The fourth-order valence-corrected chi connectivity index (χ4v) is 5.21. The number of para-hydroxylation sites is 2. The average Bonchev–Trinajstić information content (AvgIpc) is 2.93. The zero-order valence-electron chi connectivity index (χ0n) is 23.2. The Morgan fingerprint density at radius 2 is 1.10 bits per heavy atom. The van der Waals surface area contributed by atoms with E-state index < -0.39 is 24.0 Å². The van der Waals surface area contributed by atoms with Gasteiger partial charge in [-0.2, -0.15) is 0 Å². The third-order valence-electron chi connectivity index (χ3n) is 6.42. The van der Waals surface area contributed by atoms with Crippen molar-refractivity contribution in [2.75, 3.05) is 20.0 Å². The molecule has 12 heteroatoms. The maximum atomic E-state index is 12.8. The van der Waals surface area contributed by atoms with Crippen LogP contribution in [0.15, 0.2) is 71.1 Å². The number of ether oxygens (including phenoxy) is 4. The minimum Gasteiger partial charge on any atom is -0.463 e. The Morgan fingerprint density at radius 3 is 1.49 bits per heavy atom. The highest BCUT2D eigenvalue weighted by atomic mass is 32.1. The molecule has 2 aliphatic heterocycles. The summed E-state index contributed by atoms with van der Waals surface area (Å²) in [6.07, 6.45) is 0. The molecule has 4 rings (SSSR count). The van der Waals surface area contributed by atoms with Crippen LogP contribution in [0.3, 0.4) is 0 Å². The molecule has 0 saturated carbocycles. The van der Waals surface area contributed by atoms with E-state index in [0.717, 1.165) is 0 Å². The van der Waals surface area contributed by atoms with Crippen molar-refractivity contribution in [3.05, 3.63) is 82.2 Å². The minimum atomic E-state index is -0.591. The highest BCUT2D eigenvalue weighted by Crippen LogP contribution is 2.35. The molecule has 0 fully saturated rings. The fraction of sp³-hybridized carbons (Fsp3) is 0.310. The Bertz CT molecular complexity index is 1320. The van der Waals surface area contributed by atoms with Crippen LogP contribution in [0.2, 0.25) is 0 Å². The number of carbonyl (C=O) groups excluding carboxylic acids is 2. The lowest BCUT2D eigenvalue weighted by Crippen LogP contribution is -2.45. The molecule has 0 aliphatic carbocycles. The van der Waals surface area contributed by atoms with Gasteiger partial charge < -0.3 is 40.2 Å². The molecule has 216 valence electrons. The number of allylic oxidation sites excluding steroid dienone is 2. The summed E-state index contributed by atoms with van der Waals surface area (Å²) in [4.78, 5) is 25.7. The summed E-state index contributed by atoms with van der Waals surface area (Å²) >= 11 is 10.7. The molecule has 0 radical (unpaired) electrons. The van der Waals surface area contributed by atoms with Crippen LogP contribution in [-0.2, 0) is 19.1 Å². The number of nitrogens with one attached hydrogen (secondary N) is 4. The monoisotopic (exact) mass is 596 g/mol. The van der Waals surface area contributed by atoms with Crippen molar-refractivity contribution in [1.29, 1.82) is 0 Å². The second kappa shape index (κ2) is 13.5. The van der Waals surface area contributed by atoms with Gasteiger partial charge in [0.15, 0.2) is 10.2 Å². The Hall–Kier alpha value is -4.16. The minimum absolute atomic E-state index is 0.159. The van der Waals surface area contributed by atoms with Crippen LogP contribution < -0.4 is 30.7 Å². The summed E-state index contributed by atoms with van der Waals surface area (Å²) in [5, 5.41) is 13.1. The van der Waals surface area contributed by atoms with Crippen molar-refractivity contribution in [3.63, 3.8) is 0 Å². The third kappa shape index (κ3) is 6.77. The van der Waals surface area contributed by atoms with Gasteiger partial charge in [-0.05, 0) is 64.3 Å². The number of hydrogen-bond donors (Lipinski definition) is 4. The highest BCUT2D eigenvalue weighted by Gasteiger charge is 2.34. The van der Waals surface area contributed by atoms with Crippen LogP contribution in [0.25, 0.3) is 0 Å². The van der Waals surface area contributed by atoms with Crippen molar-refractivity contribution in [3.8, 4) is 11.5 Å². The molecule has 0 bridgehead atoms. The Labute approximate surface area is 249 Å². The Balaban J connectivity index is 1.58. The van der Waals surface area contributed by atoms with Crippen LogP contribution in [0.5, 0.6) is 11.5 Å². The summed E-state index contributed by atoms with van der Waals surface area (Å²) in [5.74, 6) is 0.0769. The molecule has 2 aromatic rings. The molecule has 0 spiro atoms. The summed E-state index contributed by atoms with van der Waals surface area (Å²) in [6.45, 7) is 7.37. The molecule has 0 aromatic heterocycles. The predicted octanol–water partition coefficient (Wildman–Crippen LogP) is 3.81. The van der Waals surface area contributed by atoms with Gasteiger partial charge in [0.1, 0.15) is 11.5 Å². The van der Waals surface area contributed by atoms with E-state index in [1.165, 1.54) is 0 Å². The first-order valence-corrected chi connectivity index (χ1v) is 13.9. The molecule has 4 N–H and O–H groups in total. The molecular weight excluding hydrogens is 564 g/mol. The first-order chi connectivity index (χ1) is 19.7. The quantitative estimate of drug-likeness (QED) is 0.181. The lowest BCUT2D eigenvalue weighted by molar-refractivity contribution is -0.140. The predicted molar refractivity (Wildman–Crippen MR) is 161 cm³/mol. The summed E-state index contributed by atoms with van der Waals surface area (Å²) in [6, 6.07) is 13.4. The second-order valence-corrected chi connectivity index (χ2v) is 9.88. The Kier molecular flexibility index (Phi) is 9.79. The van der Waals surface area contributed by atoms with Gasteiger partial charge in [0.25, 0.3) is 0 Å². The van der Waals surface area contributed by atoms with E-state index in [2.05, 4.69) is 21.3 Å². The van der Waals surface area contributed by atoms with Crippen molar-refractivity contribution in [2.24, 2.45) is 0 Å². The smallest absolute Gasteiger partial charge is 0.338 e. The van der Waals surface area contributed by atoms with E-state index >= 15 is 0 Å². The summed E-state index contributed by atoms with van der Waals surface area (Å²) in [5.41, 5.74) is 3.39. The van der Waals surface area contributed by atoms with E-state index in [1.807, 2.05) is 36.4 Å². The molecule has 2 aromatic carbocycles. The van der Waals surface area contributed by atoms with Crippen molar-refractivity contribution in [2.45, 2.75) is 39.8 Å². The molecule has 0 unspecified atom stereocenters. The number of benzene rings is 2. The molecule has 2 aliphatic rings. The van der Waals surface area contributed by atoms with E-state index in [4.69, 9.17) is 43.4 Å². The maximum Gasteiger partial charge on any atom is 0.338 e. The molecule has 2 heterocycles. The van der Waals surface area contributed by atoms with Gasteiger partial charge in [-0.15, -0.1) is 0 Å². The van der Waals surface area contributed by atoms with Crippen LogP contribution >= 0.6 is 24.4 Å². The number of rotatable bonds is 10. The standard InChI is InChI=1S/C29H32N4O6S2/c1-5-36-26(34)22-16(3)30-28(40)32-24(22)18-11-7-9-13-20(18)38-15-39-21-14-10-8-12-19(21)25-23(27(35)37-6-2)17(4)31-29(41)33-25/h7-14,24-25H,5-6,15H2,1-4H3,(H2,30,32,40)(H2,31,33,41)/t24-,25-/m0/s1. The maximum absolute atomic E-state index is 12.8. The van der Waals surface area contributed by atoms with Crippen LogP contribution in [0.1, 0.15) is 50.9 Å². The molecular formula is C29H32N4O6S2. The third-order valence-corrected chi connectivity index (χ3v) is 6.86. The van der Waals surface area contributed by atoms with Gasteiger partial charge in [-0.25, -0.2) is 9.59 Å². The molecule has 2 atom stereocenters. The van der Waals surface area contributed by atoms with Gasteiger partial charge in [0.05, 0.1) is 36.4 Å². The first-order valence-electron chi connectivity index (χ1n) is 13.1. The van der Waals surface area contributed by atoms with Gasteiger partial charge in [0.2, 0.25) is 6.79 Å². The largest absolute Gasteiger partial charge is 0.463 e. The zero-order chi connectivity index (χ0) is 29.5. The highest BCUT2D eigenvalue weighted by molar-refractivity contribution is 7.80. The molecule has 0 saturated heterocycles. The van der Waals surface area contributed by atoms with Gasteiger partial charge in [-0.3, -0.25) is 0 Å². The number of hydrogen-bond acceptors (Lipinski definition) is 8. The molecule has 41 heavy (non-hydrogen) atoms. The van der Waals surface area contributed by atoms with Crippen molar-refractivity contribution >= 4 is 46.6 Å². The van der Waals surface area contributed by atoms with Crippen LogP contribution in [0, 0.1) is 0 Å². The number of esters is 2. The van der Waals surface area contributed by atoms with E-state index in [-0.39, 0.29) is 20.0 Å².